The maximum atomic E-state index is 6.45. The van der Waals surface area contributed by atoms with Crippen LogP contribution in [0, 0.1) is 0 Å². The van der Waals surface area contributed by atoms with Crippen molar-refractivity contribution in [3.8, 4) is 11.1 Å². The van der Waals surface area contributed by atoms with Crippen LogP contribution in [0.4, 0.5) is 34.1 Å². The summed E-state index contributed by atoms with van der Waals surface area (Å²) >= 11 is 0. The van der Waals surface area contributed by atoms with Crippen molar-refractivity contribution in [2.24, 2.45) is 0 Å². The number of fused-ring (bicyclic) bond motifs is 3. The molecule has 0 spiro atoms. The minimum atomic E-state index is 0.878. The zero-order valence-corrected chi connectivity index (χ0v) is 24.6. The molecule has 8 aromatic rings. The Labute approximate surface area is 262 Å². The topological polar surface area (TPSA) is 19.6 Å². The van der Waals surface area contributed by atoms with Crippen LogP contribution in [0.15, 0.2) is 186 Å². The van der Waals surface area contributed by atoms with Gasteiger partial charge in [-0.2, -0.15) is 0 Å². The third-order valence-corrected chi connectivity index (χ3v) is 8.25. The fourth-order valence-electron chi connectivity index (χ4n) is 6.12. The Morgan fingerprint density at radius 3 is 1.29 bits per heavy atom. The van der Waals surface area contributed by atoms with Crippen molar-refractivity contribution < 1.29 is 4.42 Å². The van der Waals surface area contributed by atoms with Gasteiger partial charge in [-0.25, -0.2) is 0 Å². The van der Waals surface area contributed by atoms with Gasteiger partial charge in [0.05, 0.1) is 5.69 Å². The van der Waals surface area contributed by atoms with E-state index in [9.17, 15) is 0 Å². The molecule has 0 bridgehead atoms. The number of furan rings is 1. The molecule has 0 saturated carbocycles. The number of rotatable bonds is 7. The van der Waals surface area contributed by atoms with Gasteiger partial charge in [0.25, 0.3) is 0 Å². The van der Waals surface area contributed by atoms with Crippen molar-refractivity contribution in [2.45, 2.75) is 0 Å². The van der Waals surface area contributed by atoms with Crippen LogP contribution in [-0.4, -0.2) is 0 Å². The Morgan fingerprint density at radius 1 is 0.311 bits per heavy atom. The molecule has 0 saturated heterocycles. The Kier molecular flexibility index (Phi) is 6.82. The minimum Gasteiger partial charge on any atom is -0.454 e. The van der Waals surface area contributed by atoms with E-state index in [1.807, 2.05) is 18.2 Å². The van der Waals surface area contributed by atoms with Gasteiger partial charge in [-0.1, -0.05) is 109 Å². The number of hydrogen-bond acceptors (Lipinski definition) is 3. The van der Waals surface area contributed by atoms with Crippen molar-refractivity contribution >= 4 is 56.1 Å². The van der Waals surface area contributed by atoms with E-state index in [0.717, 1.165) is 67.2 Å². The van der Waals surface area contributed by atoms with E-state index in [1.54, 1.807) is 0 Å². The number of benzene rings is 7. The maximum Gasteiger partial charge on any atom is 0.159 e. The average Bonchev–Trinajstić information content (AvgIpc) is 3.50. The van der Waals surface area contributed by atoms with Crippen molar-refractivity contribution in [3.05, 3.63) is 182 Å². The number of anilines is 6. The van der Waals surface area contributed by atoms with Gasteiger partial charge in [-0.05, 0) is 83.9 Å². The van der Waals surface area contributed by atoms with E-state index in [2.05, 4.69) is 174 Å². The van der Waals surface area contributed by atoms with Crippen LogP contribution in [0.1, 0.15) is 0 Å². The summed E-state index contributed by atoms with van der Waals surface area (Å²) in [5, 5.41) is 2.24. The first-order chi connectivity index (χ1) is 22.3. The van der Waals surface area contributed by atoms with E-state index in [4.69, 9.17) is 4.42 Å². The lowest BCUT2D eigenvalue weighted by atomic mass is 10.0. The summed E-state index contributed by atoms with van der Waals surface area (Å²) in [5.41, 5.74) is 10.6. The normalized spacial score (nSPS) is 11.1. The molecule has 3 nitrogen and oxygen atoms in total. The van der Waals surface area contributed by atoms with Crippen molar-refractivity contribution in [1.82, 2.24) is 0 Å². The lowest BCUT2D eigenvalue weighted by Gasteiger charge is -2.26. The van der Waals surface area contributed by atoms with E-state index in [1.165, 1.54) is 0 Å². The standard InChI is InChI=1S/C42H30N2O/c1-4-13-33(14-5-1)43(34-15-6-2-7-16-34)36-27-23-31(24-28-36)32-25-29-37(30-26-32)44(35-17-8-3-9-18-35)40-21-12-20-39-38-19-10-11-22-41(38)45-42(39)40/h1-30H. The molecule has 0 radical (unpaired) electrons. The summed E-state index contributed by atoms with van der Waals surface area (Å²) in [6, 6.07) is 63.7. The van der Waals surface area contributed by atoms with Crippen LogP contribution < -0.4 is 9.80 Å². The molecule has 214 valence electrons. The quantitative estimate of drug-likeness (QED) is 0.188. The fraction of sp³-hybridized carbons (Fsp3) is 0. The molecule has 8 rings (SSSR count). The van der Waals surface area contributed by atoms with Crippen LogP contribution in [-0.2, 0) is 0 Å². The number of hydrogen-bond donors (Lipinski definition) is 0. The maximum absolute atomic E-state index is 6.45. The lowest BCUT2D eigenvalue weighted by molar-refractivity contribution is 0.669. The Morgan fingerprint density at radius 2 is 0.733 bits per heavy atom. The molecule has 0 fully saturated rings. The molecular formula is C42H30N2O. The monoisotopic (exact) mass is 578 g/mol. The summed E-state index contributed by atoms with van der Waals surface area (Å²) in [4.78, 5) is 4.55. The van der Waals surface area contributed by atoms with Gasteiger partial charge in [-0.15, -0.1) is 0 Å². The van der Waals surface area contributed by atoms with Crippen LogP contribution in [0.25, 0.3) is 33.1 Å². The molecule has 3 heteroatoms. The Hall–Kier alpha value is -6.06. The largest absolute Gasteiger partial charge is 0.454 e. The summed E-state index contributed by atoms with van der Waals surface area (Å²) in [7, 11) is 0. The smallest absolute Gasteiger partial charge is 0.159 e. The molecule has 0 amide bonds. The Bertz CT molecular complexity index is 2150. The predicted molar refractivity (Wildman–Crippen MR) is 189 cm³/mol. The molecule has 0 N–H and O–H groups in total. The molecule has 0 atom stereocenters. The highest BCUT2D eigenvalue weighted by molar-refractivity contribution is 6.10. The van der Waals surface area contributed by atoms with E-state index in [0.29, 0.717) is 0 Å². The highest BCUT2D eigenvalue weighted by atomic mass is 16.3. The number of para-hydroxylation sites is 5. The highest BCUT2D eigenvalue weighted by Crippen LogP contribution is 2.42. The second-order valence-electron chi connectivity index (χ2n) is 11.0. The second-order valence-corrected chi connectivity index (χ2v) is 11.0. The van der Waals surface area contributed by atoms with Gasteiger partial charge in [0.2, 0.25) is 0 Å². The highest BCUT2D eigenvalue weighted by Gasteiger charge is 2.19. The summed E-state index contributed by atoms with van der Waals surface area (Å²) in [5.74, 6) is 0. The Balaban J connectivity index is 1.16. The first-order valence-electron chi connectivity index (χ1n) is 15.2. The first kappa shape index (κ1) is 26.6. The molecule has 0 aliphatic rings. The van der Waals surface area contributed by atoms with Gasteiger partial charge >= 0.3 is 0 Å². The van der Waals surface area contributed by atoms with Crippen molar-refractivity contribution in [2.75, 3.05) is 9.80 Å². The van der Waals surface area contributed by atoms with Gasteiger partial charge in [0.15, 0.2) is 5.58 Å². The molecule has 1 heterocycles. The lowest BCUT2D eigenvalue weighted by Crippen LogP contribution is -2.10. The van der Waals surface area contributed by atoms with E-state index >= 15 is 0 Å². The average molecular weight is 579 g/mol. The molecule has 7 aromatic carbocycles. The van der Waals surface area contributed by atoms with E-state index in [-0.39, 0.29) is 0 Å². The van der Waals surface area contributed by atoms with Crippen LogP contribution in [0.3, 0.4) is 0 Å². The van der Waals surface area contributed by atoms with E-state index < -0.39 is 0 Å². The predicted octanol–water partition coefficient (Wildman–Crippen LogP) is 12.2. The third kappa shape index (κ3) is 5.01. The zero-order chi connectivity index (χ0) is 30.0. The van der Waals surface area contributed by atoms with Crippen LogP contribution in [0.5, 0.6) is 0 Å². The number of nitrogens with zero attached hydrogens (tertiary/aromatic N) is 2. The minimum absolute atomic E-state index is 0.878. The molecule has 1 aromatic heterocycles. The summed E-state index contributed by atoms with van der Waals surface area (Å²) < 4.78 is 6.45. The summed E-state index contributed by atoms with van der Waals surface area (Å²) in [6.45, 7) is 0. The fourth-order valence-corrected chi connectivity index (χ4v) is 6.12. The van der Waals surface area contributed by atoms with Gasteiger partial charge < -0.3 is 14.2 Å². The first-order valence-corrected chi connectivity index (χ1v) is 15.2. The molecule has 0 aliphatic carbocycles. The van der Waals surface area contributed by atoms with Gasteiger partial charge in [0, 0.05) is 39.2 Å². The van der Waals surface area contributed by atoms with Crippen molar-refractivity contribution in [1.29, 1.82) is 0 Å². The zero-order valence-electron chi connectivity index (χ0n) is 24.6. The second kappa shape index (κ2) is 11.6. The van der Waals surface area contributed by atoms with Crippen molar-refractivity contribution in [3.63, 3.8) is 0 Å². The third-order valence-electron chi connectivity index (χ3n) is 8.25. The SMILES string of the molecule is c1ccc(N(c2ccccc2)c2ccc(-c3ccc(N(c4ccccc4)c4cccc5c4oc4ccccc45)cc3)cc2)cc1. The molecule has 0 aliphatic heterocycles. The molecule has 45 heavy (non-hydrogen) atoms. The van der Waals surface area contributed by atoms with Crippen LogP contribution >= 0.6 is 0 Å². The molecule has 0 unspecified atom stereocenters. The molecular weight excluding hydrogens is 548 g/mol. The van der Waals surface area contributed by atoms with Crippen LogP contribution in [0.2, 0.25) is 0 Å². The van der Waals surface area contributed by atoms with Gasteiger partial charge in [0.1, 0.15) is 5.58 Å². The van der Waals surface area contributed by atoms with Gasteiger partial charge in [-0.3, -0.25) is 0 Å². The summed E-state index contributed by atoms with van der Waals surface area (Å²) in [6.07, 6.45) is 0.